The summed E-state index contributed by atoms with van der Waals surface area (Å²) in [5.41, 5.74) is -2.40. The van der Waals surface area contributed by atoms with Crippen LogP contribution in [0.1, 0.15) is 24.8 Å². The standard InChI is InChI=1S/C14H12FNO/c1-2-14(17,13(10-16)7-4-8-13)11-5-3-6-12(15)9-11/h1,3,5-6,9,17H,4,7-8H2/t14-/m0/s1. The minimum atomic E-state index is -1.71. The lowest BCUT2D eigenvalue weighted by molar-refractivity contribution is -0.0531. The van der Waals surface area contributed by atoms with E-state index in [0.717, 1.165) is 6.42 Å². The molecule has 0 amide bonds. The Balaban J connectivity index is 2.53. The number of nitriles is 1. The molecule has 1 fully saturated rings. The molecule has 1 aromatic carbocycles. The fourth-order valence-electron chi connectivity index (χ4n) is 2.30. The van der Waals surface area contributed by atoms with Gasteiger partial charge in [0.05, 0.1) is 6.07 Å². The van der Waals surface area contributed by atoms with Gasteiger partial charge >= 0.3 is 0 Å². The Kier molecular flexibility index (Phi) is 2.65. The lowest BCUT2D eigenvalue weighted by Gasteiger charge is -2.45. The van der Waals surface area contributed by atoms with Crippen molar-refractivity contribution in [3.8, 4) is 18.4 Å². The van der Waals surface area contributed by atoms with Crippen molar-refractivity contribution in [3.05, 3.63) is 35.6 Å². The highest BCUT2D eigenvalue weighted by Crippen LogP contribution is 2.53. The van der Waals surface area contributed by atoms with E-state index in [0.29, 0.717) is 12.8 Å². The Hall–Kier alpha value is -1.84. The Bertz CT molecular complexity index is 522. The summed E-state index contributed by atoms with van der Waals surface area (Å²) in [5, 5.41) is 19.8. The third kappa shape index (κ3) is 1.52. The van der Waals surface area contributed by atoms with E-state index in [9.17, 15) is 14.8 Å². The summed E-state index contributed by atoms with van der Waals surface area (Å²) in [6, 6.07) is 7.62. The van der Waals surface area contributed by atoms with Gasteiger partial charge in [-0.15, -0.1) is 6.42 Å². The molecule has 0 aromatic heterocycles. The van der Waals surface area contributed by atoms with Crippen LogP contribution in [0.2, 0.25) is 0 Å². The maximum atomic E-state index is 13.2. The molecule has 0 aliphatic heterocycles. The van der Waals surface area contributed by atoms with E-state index in [4.69, 9.17) is 6.42 Å². The average Bonchev–Trinajstić information content (AvgIpc) is 2.28. The predicted octanol–water partition coefficient (Wildman–Crippen LogP) is 2.34. The van der Waals surface area contributed by atoms with Gasteiger partial charge in [-0.3, -0.25) is 0 Å². The molecule has 0 spiro atoms. The number of nitrogens with zero attached hydrogens (tertiary/aromatic N) is 1. The van der Waals surface area contributed by atoms with E-state index in [2.05, 4.69) is 12.0 Å². The minimum Gasteiger partial charge on any atom is -0.372 e. The van der Waals surface area contributed by atoms with Gasteiger partial charge in [-0.05, 0) is 31.4 Å². The minimum absolute atomic E-state index is 0.279. The highest BCUT2D eigenvalue weighted by atomic mass is 19.1. The van der Waals surface area contributed by atoms with Gasteiger partial charge < -0.3 is 5.11 Å². The molecule has 1 atom stereocenters. The van der Waals surface area contributed by atoms with Crippen molar-refractivity contribution in [2.24, 2.45) is 5.41 Å². The van der Waals surface area contributed by atoms with Crippen LogP contribution in [-0.4, -0.2) is 5.11 Å². The van der Waals surface area contributed by atoms with Gasteiger partial charge in [0.1, 0.15) is 11.2 Å². The lowest BCUT2D eigenvalue weighted by atomic mass is 9.58. The van der Waals surface area contributed by atoms with E-state index in [1.807, 2.05) is 0 Å². The largest absolute Gasteiger partial charge is 0.372 e. The zero-order valence-corrected chi connectivity index (χ0v) is 9.28. The van der Waals surface area contributed by atoms with E-state index >= 15 is 0 Å². The molecule has 1 aliphatic rings. The number of rotatable bonds is 2. The molecule has 3 heteroatoms. The summed E-state index contributed by atoms with van der Waals surface area (Å²) in [6.45, 7) is 0. The van der Waals surface area contributed by atoms with Crippen molar-refractivity contribution < 1.29 is 9.50 Å². The number of hydrogen-bond acceptors (Lipinski definition) is 2. The highest BCUT2D eigenvalue weighted by Gasteiger charge is 2.55. The van der Waals surface area contributed by atoms with Crippen molar-refractivity contribution >= 4 is 0 Å². The first kappa shape index (κ1) is 11.6. The molecule has 1 N–H and O–H groups in total. The number of terminal acetylenes is 1. The SMILES string of the molecule is C#C[C@](O)(c1cccc(F)c1)C1(C#N)CCC1. The summed E-state index contributed by atoms with van der Waals surface area (Å²) < 4.78 is 13.2. The summed E-state index contributed by atoms with van der Waals surface area (Å²) in [7, 11) is 0. The van der Waals surface area contributed by atoms with Crippen LogP contribution in [0.5, 0.6) is 0 Å². The van der Waals surface area contributed by atoms with Crippen LogP contribution >= 0.6 is 0 Å². The molecular formula is C14H12FNO. The number of aliphatic hydroxyl groups is 1. The van der Waals surface area contributed by atoms with Crippen molar-refractivity contribution in [3.63, 3.8) is 0 Å². The Labute approximate surface area is 99.7 Å². The second-order valence-corrected chi connectivity index (χ2v) is 4.41. The Morgan fingerprint density at radius 1 is 1.47 bits per heavy atom. The molecule has 1 aliphatic carbocycles. The number of hydrogen-bond donors (Lipinski definition) is 1. The van der Waals surface area contributed by atoms with Gasteiger partial charge in [0.15, 0.2) is 5.60 Å². The average molecular weight is 229 g/mol. The van der Waals surface area contributed by atoms with E-state index in [1.54, 1.807) is 6.07 Å². The summed E-state index contributed by atoms with van der Waals surface area (Å²) >= 11 is 0. The maximum absolute atomic E-state index is 13.2. The zero-order valence-electron chi connectivity index (χ0n) is 9.28. The molecule has 1 aromatic rings. The molecule has 0 saturated heterocycles. The van der Waals surface area contributed by atoms with Crippen LogP contribution < -0.4 is 0 Å². The molecule has 86 valence electrons. The van der Waals surface area contributed by atoms with E-state index in [-0.39, 0.29) is 5.56 Å². The van der Waals surface area contributed by atoms with E-state index in [1.165, 1.54) is 18.2 Å². The summed E-state index contributed by atoms with van der Waals surface area (Å²) in [5.74, 6) is 1.81. The number of halogens is 1. The van der Waals surface area contributed by atoms with Gasteiger partial charge in [-0.1, -0.05) is 18.1 Å². The number of benzene rings is 1. The van der Waals surface area contributed by atoms with Gasteiger partial charge in [-0.2, -0.15) is 5.26 Å². The third-order valence-electron chi connectivity index (χ3n) is 3.56. The Morgan fingerprint density at radius 3 is 2.59 bits per heavy atom. The van der Waals surface area contributed by atoms with Gasteiger partial charge in [0.25, 0.3) is 0 Å². The molecule has 17 heavy (non-hydrogen) atoms. The first-order chi connectivity index (χ1) is 8.08. The van der Waals surface area contributed by atoms with Crippen molar-refractivity contribution in [2.75, 3.05) is 0 Å². The van der Waals surface area contributed by atoms with Crippen LogP contribution in [0.4, 0.5) is 4.39 Å². The van der Waals surface area contributed by atoms with Crippen molar-refractivity contribution in [1.29, 1.82) is 5.26 Å². The monoisotopic (exact) mass is 229 g/mol. The van der Waals surface area contributed by atoms with Gasteiger partial charge in [0.2, 0.25) is 0 Å². The molecule has 0 unspecified atom stereocenters. The molecule has 0 radical (unpaired) electrons. The van der Waals surface area contributed by atoms with Gasteiger partial charge in [0, 0.05) is 5.56 Å². The highest BCUT2D eigenvalue weighted by molar-refractivity contribution is 5.38. The van der Waals surface area contributed by atoms with Gasteiger partial charge in [-0.25, -0.2) is 4.39 Å². The normalized spacial score (nSPS) is 20.5. The fraction of sp³-hybridized carbons (Fsp3) is 0.357. The quantitative estimate of drug-likeness (QED) is 0.791. The smallest absolute Gasteiger partial charge is 0.169 e. The summed E-state index contributed by atoms with van der Waals surface area (Å²) in [6.07, 6.45) is 7.33. The third-order valence-corrected chi connectivity index (χ3v) is 3.56. The molecular weight excluding hydrogens is 217 g/mol. The van der Waals surface area contributed by atoms with Crippen LogP contribution in [0.25, 0.3) is 0 Å². The predicted molar refractivity (Wildman–Crippen MR) is 61.0 cm³/mol. The van der Waals surface area contributed by atoms with Crippen LogP contribution in [0.3, 0.4) is 0 Å². The molecule has 1 saturated carbocycles. The molecule has 0 heterocycles. The zero-order chi connectivity index (χ0) is 12.5. The van der Waals surface area contributed by atoms with Crippen LogP contribution in [0, 0.1) is 34.9 Å². The van der Waals surface area contributed by atoms with E-state index < -0.39 is 16.8 Å². The van der Waals surface area contributed by atoms with Crippen molar-refractivity contribution in [1.82, 2.24) is 0 Å². The Morgan fingerprint density at radius 2 is 2.18 bits per heavy atom. The topological polar surface area (TPSA) is 44.0 Å². The molecule has 0 bridgehead atoms. The lowest BCUT2D eigenvalue weighted by Crippen LogP contribution is -2.48. The van der Waals surface area contributed by atoms with Crippen molar-refractivity contribution in [2.45, 2.75) is 24.9 Å². The summed E-state index contributed by atoms with van der Waals surface area (Å²) in [4.78, 5) is 0. The molecule has 2 nitrogen and oxygen atoms in total. The first-order valence-corrected chi connectivity index (χ1v) is 5.45. The second kappa shape index (κ2) is 3.87. The second-order valence-electron chi connectivity index (χ2n) is 4.41. The first-order valence-electron chi connectivity index (χ1n) is 5.45. The maximum Gasteiger partial charge on any atom is 0.169 e. The van der Waals surface area contributed by atoms with Crippen LogP contribution in [0.15, 0.2) is 24.3 Å². The van der Waals surface area contributed by atoms with Crippen LogP contribution in [-0.2, 0) is 5.60 Å². The fourth-order valence-corrected chi connectivity index (χ4v) is 2.30. The molecule has 2 rings (SSSR count).